The molecule has 3 rings (SSSR count). The van der Waals surface area contributed by atoms with Crippen LogP contribution in [0.25, 0.3) is 0 Å². The van der Waals surface area contributed by atoms with Crippen LogP contribution in [0.15, 0.2) is 0 Å². The average molecular weight is 292 g/mol. The Morgan fingerprint density at radius 3 is 2.67 bits per heavy atom. The zero-order valence-electron chi connectivity index (χ0n) is 11.8. The highest BCUT2D eigenvalue weighted by Gasteiger charge is 2.52. The molecule has 2 aliphatic heterocycles. The van der Waals surface area contributed by atoms with Gasteiger partial charge in [-0.25, -0.2) is 4.79 Å². The van der Waals surface area contributed by atoms with Crippen molar-refractivity contribution >= 4 is 23.5 Å². The summed E-state index contributed by atoms with van der Waals surface area (Å²) < 4.78 is 1.44. The Morgan fingerprint density at radius 1 is 1.43 bits per heavy atom. The number of nitrogens with two attached hydrogens (primary N) is 1. The maximum atomic E-state index is 12.6. The normalized spacial score (nSPS) is 24.6. The number of nitrogens with zero attached hydrogens (tertiary/aromatic N) is 3. The van der Waals surface area contributed by atoms with Crippen LogP contribution in [0.1, 0.15) is 22.6 Å². The summed E-state index contributed by atoms with van der Waals surface area (Å²) in [6.45, 7) is 2.23. The second-order valence-corrected chi connectivity index (χ2v) is 5.44. The van der Waals surface area contributed by atoms with E-state index in [2.05, 4.69) is 15.7 Å². The van der Waals surface area contributed by atoms with Crippen molar-refractivity contribution in [1.82, 2.24) is 25.3 Å². The van der Waals surface area contributed by atoms with E-state index in [1.54, 1.807) is 14.0 Å². The van der Waals surface area contributed by atoms with Crippen molar-refractivity contribution in [3.8, 4) is 0 Å². The van der Waals surface area contributed by atoms with Gasteiger partial charge in [-0.2, -0.15) is 5.10 Å². The first-order valence-corrected chi connectivity index (χ1v) is 6.56. The predicted octanol–water partition coefficient (Wildman–Crippen LogP) is -1.27. The second kappa shape index (κ2) is 4.21. The number of urea groups is 1. The molecule has 1 aromatic heterocycles. The van der Waals surface area contributed by atoms with E-state index in [-0.39, 0.29) is 12.5 Å². The fourth-order valence-electron chi connectivity index (χ4n) is 2.88. The lowest BCUT2D eigenvalue weighted by Crippen LogP contribution is -2.49. The van der Waals surface area contributed by atoms with Crippen LogP contribution in [-0.2, 0) is 11.8 Å². The summed E-state index contributed by atoms with van der Waals surface area (Å²) in [7, 11) is 1.65. The molecule has 2 fully saturated rings. The number of nitrogen functional groups attached to an aromatic ring is 1. The summed E-state index contributed by atoms with van der Waals surface area (Å²) in [5.41, 5.74) is 6.09. The number of imide groups is 1. The predicted molar refractivity (Wildman–Crippen MR) is 72.3 cm³/mol. The molecule has 0 radical (unpaired) electrons. The standard InChI is InChI=1S/C12H16N6O3/c1-6-7(13)8(17(2)16-6)9(19)18-4-3-12(5-18)10(20)14-11(21)15-12/h3-5,13H2,1-2H3,(H2,14,15,20,21). The summed E-state index contributed by atoms with van der Waals surface area (Å²) in [6.07, 6.45) is 0.382. The minimum atomic E-state index is -1.02. The number of hydrogen-bond acceptors (Lipinski definition) is 5. The van der Waals surface area contributed by atoms with Gasteiger partial charge >= 0.3 is 6.03 Å². The van der Waals surface area contributed by atoms with E-state index in [4.69, 9.17) is 5.73 Å². The van der Waals surface area contributed by atoms with Crippen molar-refractivity contribution in [2.75, 3.05) is 18.8 Å². The van der Waals surface area contributed by atoms with Crippen molar-refractivity contribution < 1.29 is 14.4 Å². The molecule has 3 heterocycles. The largest absolute Gasteiger partial charge is 0.395 e. The molecule has 4 N–H and O–H groups in total. The zero-order chi connectivity index (χ0) is 15.4. The van der Waals surface area contributed by atoms with Gasteiger partial charge in [0.05, 0.1) is 17.9 Å². The highest BCUT2D eigenvalue weighted by atomic mass is 16.2. The van der Waals surface area contributed by atoms with Crippen LogP contribution in [0.2, 0.25) is 0 Å². The molecule has 1 atom stereocenters. The highest BCUT2D eigenvalue weighted by Crippen LogP contribution is 2.27. The molecule has 1 aromatic rings. The first kappa shape index (κ1) is 13.4. The van der Waals surface area contributed by atoms with Crippen LogP contribution >= 0.6 is 0 Å². The molecule has 2 aliphatic rings. The van der Waals surface area contributed by atoms with Crippen LogP contribution in [0.5, 0.6) is 0 Å². The molecular weight excluding hydrogens is 276 g/mol. The lowest BCUT2D eigenvalue weighted by molar-refractivity contribution is -0.123. The van der Waals surface area contributed by atoms with Gasteiger partial charge in [0.1, 0.15) is 11.2 Å². The number of carbonyl (C=O) groups excluding carboxylic acids is 3. The van der Waals surface area contributed by atoms with E-state index >= 15 is 0 Å². The lowest BCUT2D eigenvalue weighted by Gasteiger charge is -2.21. The molecular formula is C12H16N6O3. The van der Waals surface area contributed by atoms with Crippen LogP contribution in [0.3, 0.4) is 0 Å². The van der Waals surface area contributed by atoms with E-state index in [9.17, 15) is 14.4 Å². The minimum absolute atomic E-state index is 0.132. The maximum Gasteiger partial charge on any atom is 0.322 e. The van der Waals surface area contributed by atoms with Gasteiger partial charge in [0.15, 0.2) is 0 Å². The lowest BCUT2D eigenvalue weighted by atomic mass is 9.99. The van der Waals surface area contributed by atoms with Crippen molar-refractivity contribution in [2.45, 2.75) is 18.9 Å². The molecule has 0 aliphatic carbocycles. The molecule has 9 heteroatoms. The molecule has 1 unspecified atom stereocenters. The fourth-order valence-corrected chi connectivity index (χ4v) is 2.88. The van der Waals surface area contributed by atoms with Crippen LogP contribution < -0.4 is 16.4 Å². The smallest absolute Gasteiger partial charge is 0.322 e. The molecule has 1 spiro atoms. The van der Waals surface area contributed by atoms with Crippen molar-refractivity contribution in [2.24, 2.45) is 7.05 Å². The Labute approximate surface area is 120 Å². The Balaban J connectivity index is 1.85. The average Bonchev–Trinajstić information content (AvgIpc) is 3.01. The Morgan fingerprint density at radius 2 is 2.14 bits per heavy atom. The maximum absolute atomic E-state index is 12.6. The van der Waals surface area contributed by atoms with Gasteiger partial charge in [-0.3, -0.25) is 19.6 Å². The fraction of sp³-hybridized carbons (Fsp3) is 0.500. The van der Waals surface area contributed by atoms with Crippen LogP contribution in [0, 0.1) is 6.92 Å². The quantitative estimate of drug-likeness (QED) is 0.557. The summed E-state index contributed by atoms with van der Waals surface area (Å²) in [5, 5.41) is 8.92. The van der Waals surface area contributed by atoms with Crippen molar-refractivity contribution in [3.63, 3.8) is 0 Å². The molecule has 112 valence electrons. The summed E-state index contributed by atoms with van der Waals surface area (Å²) in [5.74, 6) is -0.682. The number of hydrogen-bond donors (Lipinski definition) is 3. The van der Waals surface area contributed by atoms with Gasteiger partial charge in [0.25, 0.3) is 11.8 Å². The van der Waals surface area contributed by atoms with Crippen molar-refractivity contribution in [3.05, 3.63) is 11.4 Å². The number of anilines is 1. The zero-order valence-corrected chi connectivity index (χ0v) is 11.8. The van der Waals surface area contributed by atoms with Gasteiger partial charge in [0.2, 0.25) is 0 Å². The number of nitrogens with one attached hydrogen (secondary N) is 2. The second-order valence-electron chi connectivity index (χ2n) is 5.44. The molecule has 2 saturated heterocycles. The van der Waals surface area contributed by atoms with Gasteiger partial charge in [0, 0.05) is 13.6 Å². The SMILES string of the molecule is Cc1nn(C)c(C(=O)N2CCC3(C2)NC(=O)NC3=O)c1N. The number of aryl methyl sites for hydroxylation is 2. The minimum Gasteiger partial charge on any atom is -0.395 e. The van der Waals surface area contributed by atoms with E-state index in [1.807, 2.05) is 0 Å². The summed E-state index contributed by atoms with van der Waals surface area (Å²) in [6, 6.07) is -0.523. The Bertz CT molecular complexity index is 666. The molecule has 4 amide bonds. The van der Waals surface area contributed by atoms with Gasteiger partial charge in [-0.05, 0) is 13.3 Å². The highest BCUT2D eigenvalue weighted by molar-refractivity contribution is 6.08. The number of carbonyl (C=O) groups is 3. The Kier molecular flexibility index (Phi) is 2.68. The van der Waals surface area contributed by atoms with Gasteiger partial charge in [-0.1, -0.05) is 0 Å². The van der Waals surface area contributed by atoms with Crippen molar-refractivity contribution in [1.29, 1.82) is 0 Å². The van der Waals surface area contributed by atoms with Gasteiger partial charge < -0.3 is 16.0 Å². The molecule has 0 aromatic carbocycles. The first-order valence-electron chi connectivity index (χ1n) is 6.56. The summed E-state index contributed by atoms with van der Waals surface area (Å²) >= 11 is 0. The van der Waals surface area contributed by atoms with E-state index in [1.165, 1.54) is 9.58 Å². The monoisotopic (exact) mass is 292 g/mol. The molecule has 9 nitrogen and oxygen atoms in total. The molecule has 0 bridgehead atoms. The van der Waals surface area contributed by atoms with Crippen LogP contribution in [0.4, 0.5) is 10.5 Å². The number of likely N-dealkylation sites (tertiary alicyclic amines) is 1. The molecule has 21 heavy (non-hydrogen) atoms. The number of aromatic nitrogens is 2. The van der Waals surface area contributed by atoms with Crippen LogP contribution in [-0.4, -0.2) is 51.2 Å². The topological polar surface area (TPSA) is 122 Å². The van der Waals surface area contributed by atoms with E-state index < -0.39 is 17.5 Å². The van der Waals surface area contributed by atoms with Gasteiger partial charge in [-0.15, -0.1) is 0 Å². The summed E-state index contributed by atoms with van der Waals surface area (Å²) in [4.78, 5) is 37.3. The van der Waals surface area contributed by atoms with E-state index in [0.29, 0.717) is 30.0 Å². The van der Waals surface area contributed by atoms with E-state index in [0.717, 1.165) is 0 Å². The molecule has 0 saturated carbocycles. The Hall–Kier alpha value is -2.58. The third-order valence-corrected chi connectivity index (χ3v) is 4.04. The third-order valence-electron chi connectivity index (χ3n) is 4.04. The number of amides is 4. The number of rotatable bonds is 1. The first-order chi connectivity index (χ1) is 9.84. The third kappa shape index (κ3) is 1.84.